The third kappa shape index (κ3) is 6.12. The number of nitrogens with one attached hydrogen (secondary N) is 2. The Balaban J connectivity index is 1.31. The van der Waals surface area contributed by atoms with Crippen LogP contribution >= 0.6 is 22.9 Å². The maximum Gasteiger partial charge on any atom is 0.326 e. The van der Waals surface area contributed by atoms with E-state index in [4.69, 9.17) is 16.6 Å². The van der Waals surface area contributed by atoms with Crippen molar-refractivity contribution in [1.82, 2.24) is 10.3 Å². The zero-order valence-corrected chi connectivity index (χ0v) is 19.7. The average molecular weight is 484 g/mol. The van der Waals surface area contributed by atoms with Gasteiger partial charge in [0.15, 0.2) is 0 Å². The SMILES string of the molecule is O=C(N[C@@H](Cc1ccc(CCCc2ccc3c(n2)NCCC3)s1)C(=O)O)c1ccccc1Cl. The third-order valence-corrected chi connectivity index (χ3v) is 7.15. The van der Waals surface area contributed by atoms with Gasteiger partial charge in [-0.1, -0.05) is 29.8 Å². The van der Waals surface area contributed by atoms with Gasteiger partial charge in [-0.2, -0.15) is 0 Å². The number of aromatic nitrogens is 1. The van der Waals surface area contributed by atoms with Crippen molar-refractivity contribution >= 4 is 40.6 Å². The smallest absolute Gasteiger partial charge is 0.326 e. The summed E-state index contributed by atoms with van der Waals surface area (Å²) in [7, 11) is 0. The van der Waals surface area contributed by atoms with Crippen molar-refractivity contribution in [3.63, 3.8) is 0 Å². The molecule has 1 atom stereocenters. The van der Waals surface area contributed by atoms with Crippen LogP contribution in [0.5, 0.6) is 0 Å². The predicted molar refractivity (Wildman–Crippen MR) is 131 cm³/mol. The number of carbonyl (C=O) groups excluding carboxylic acids is 1. The van der Waals surface area contributed by atoms with Crippen molar-refractivity contribution < 1.29 is 14.7 Å². The number of aliphatic carboxylic acids is 1. The normalized spacial score (nSPS) is 13.6. The van der Waals surface area contributed by atoms with Crippen LogP contribution in [0, 0.1) is 0 Å². The lowest BCUT2D eigenvalue weighted by Crippen LogP contribution is -2.42. The van der Waals surface area contributed by atoms with Gasteiger partial charge < -0.3 is 15.7 Å². The molecule has 8 heteroatoms. The number of amides is 1. The number of rotatable bonds is 9. The van der Waals surface area contributed by atoms with E-state index in [1.165, 1.54) is 10.4 Å². The molecule has 0 saturated heterocycles. The van der Waals surface area contributed by atoms with Gasteiger partial charge in [-0.25, -0.2) is 9.78 Å². The number of thiophene rings is 1. The van der Waals surface area contributed by atoms with E-state index in [1.54, 1.807) is 35.6 Å². The van der Waals surface area contributed by atoms with E-state index in [0.29, 0.717) is 5.02 Å². The number of benzene rings is 1. The number of hydrogen-bond acceptors (Lipinski definition) is 5. The zero-order chi connectivity index (χ0) is 23.2. The first-order chi connectivity index (χ1) is 16.0. The molecule has 2 aromatic heterocycles. The van der Waals surface area contributed by atoms with Gasteiger partial charge in [0, 0.05) is 28.4 Å². The van der Waals surface area contributed by atoms with Gasteiger partial charge >= 0.3 is 5.97 Å². The highest BCUT2D eigenvalue weighted by Gasteiger charge is 2.23. The van der Waals surface area contributed by atoms with E-state index in [0.717, 1.165) is 55.0 Å². The Kier molecular flexibility index (Phi) is 7.62. The Morgan fingerprint density at radius 1 is 1.12 bits per heavy atom. The fraction of sp³-hybridized carbons (Fsp3) is 0.320. The Labute approximate surface area is 202 Å². The molecular formula is C25H26ClN3O3S. The number of nitrogens with zero attached hydrogens (tertiary/aromatic N) is 1. The first-order valence-corrected chi connectivity index (χ1v) is 12.3. The first kappa shape index (κ1) is 23.3. The quantitative estimate of drug-likeness (QED) is 0.408. The van der Waals surface area contributed by atoms with E-state index in [-0.39, 0.29) is 12.0 Å². The summed E-state index contributed by atoms with van der Waals surface area (Å²) in [5, 5.41) is 15.9. The molecular weight excluding hydrogens is 458 g/mol. The third-order valence-electron chi connectivity index (χ3n) is 5.65. The Morgan fingerprint density at radius 3 is 2.76 bits per heavy atom. The molecule has 6 nitrogen and oxygen atoms in total. The molecule has 3 aromatic rings. The highest BCUT2D eigenvalue weighted by atomic mass is 35.5. The second kappa shape index (κ2) is 10.8. The van der Waals surface area contributed by atoms with Crippen molar-refractivity contribution in [2.45, 2.75) is 44.6 Å². The van der Waals surface area contributed by atoms with Crippen LogP contribution < -0.4 is 10.6 Å². The van der Waals surface area contributed by atoms with Crippen LogP contribution in [0.2, 0.25) is 5.02 Å². The van der Waals surface area contributed by atoms with Crippen LogP contribution in [0.1, 0.15) is 44.2 Å². The Bertz CT molecular complexity index is 1150. The molecule has 0 saturated carbocycles. The maximum absolute atomic E-state index is 12.5. The minimum Gasteiger partial charge on any atom is -0.480 e. The first-order valence-electron chi connectivity index (χ1n) is 11.1. The van der Waals surface area contributed by atoms with E-state index in [2.05, 4.69) is 22.8 Å². The van der Waals surface area contributed by atoms with Crippen LogP contribution in [-0.2, 0) is 30.5 Å². The average Bonchev–Trinajstić information content (AvgIpc) is 3.26. The highest BCUT2D eigenvalue weighted by Crippen LogP contribution is 2.23. The molecule has 0 bridgehead atoms. The maximum atomic E-state index is 12.5. The molecule has 33 heavy (non-hydrogen) atoms. The largest absolute Gasteiger partial charge is 0.480 e. The van der Waals surface area contributed by atoms with Crippen LogP contribution in [0.15, 0.2) is 48.5 Å². The van der Waals surface area contributed by atoms with Gasteiger partial charge in [0.1, 0.15) is 11.9 Å². The molecule has 0 fully saturated rings. The molecule has 0 radical (unpaired) electrons. The van der Waals surface area contributed by atoms with Crippen LogP contribution in [-0.4, -0.2) is 34.6 Å². The predicted octanol–water partition coefficient (Wildman–Crippen LogP) is 4.76. The lowest BCUT2D eigenvalue weighted by Gasteiger charge is -2.17. The summed E-state index contributed by atoms with van der Waals surface area (Å²) in [5.41, 5.74) is 2.65. The standard InChI is InChI=1S/C25H26ClN3O3S/c26-21-9-2-1-8-20(21)24(30)29-22(25(31)32)15-19-13-12-18(33-19)7-3-6-17-11-10-16-5-4-14-27-23(16)28-17/h1-2,8-13,22H,3-7,14-15H2,(H,27,28)(H,29,30)(H,31,32)/t22-/m0/s1. The number of carboxylic acid groups (broad SMARTS) is 1. The minimum absolute atomic E-state index is 0.230. The van der Waals surface area contributed by atoms with E-state index >= 15 is 0 Å². The monoisotopic (exact) mass is 483 g/mol. The number of hydrogen-bond donors (Lipinski definition) is 3. The molecule has 0 aliphatic carbocycles. The summed E-state index contributed by atoms with van der Waals surface area (Å²) in [5.74, 6) is -0.537. The van der Waals surface area contributed by atoms with Gasteiger partial charge in [0.25, 0.3) is 5.91 Å². The van der Waals surface area contributed by atoms with Crippen molar-refractivity contribution in [2.24, 2.45) is 0 Å². The van der Waals surface area contributed by atoms with E-state index < -0.39 is 17.9 Å². The summed E-state index contributed by atoms with van der Waals surface area (Å²) in [6, 6.07) is 13.8. The van der Waals surface area contributed by atoms with Crippen molar-refractivity contribution in [3.05, 3.63) is 80.1 Å². The molecule has 1 aromatic carbocycles. The van der Waals surface area contributed by atoms with Crippen LogP contribution in [0.3, 0.4) is 0 Å². The number of halogens is 1. The number of carboxylic acids is 1. The molecule has 3 N–H and O–H groups in total. The molecule has 1 aliphatic heterocycles. The van der Waals surface area contributed by atoms with Gasteiger partial charge in [0.2, 0.25) is 0 Å². The Morgan fingerprint density at radius 2 is 1.94 bits per heavy atom. The zero-order valence-electron chi connectivity index (χ0n) is 18.1. The molecule has 172 valence electrons. The molecule has 4 rings (SSSR count). The van der Waals surface area contributed by atoms with Crippen molar-refractivity contribution in [1.29, 1.82) is 0 Å². The van der Waals surface area contributed by atoms with Crippen LogP contribution in [0.25, 0.3) is 0 Å². The molecule has 0 unspecified atom stereocenters. The number of carbonyl (C=O) groups is 2. The Hall–Kier alpha value is -2.90. The van der Waals surface area contributed by atoms with Gasteiger partial charge in [-0.05, 0) is 68.0 Å². The fourth-order valence-corrected chi connectivity index (χ4v) is 5.23. The number of fused-ring (bicyclic) bond motifs is 1. The van der Waals surface area contributed by atoms with Gasteiger partial charge in [-0.3, -0.25) is 4.79 Å². The lowest BCUT2D eigenvalue weighted by molar-refractivity contribution is -0.139. The van der Waals surface area contributed by atoms with Gasteiger partial charge in [-0.15, -0.1) is 11.3 Å². The van der Waals surface area contributed by atoms with Crippen molar-refractivity contribution in [2.75, 3.05) is 11.9 Å². The number of pyridine rings is 1. The number of anilines is 1. The van der Waals surface area contributed by atoms with E-state index in [1.807, 2.05) is 12.1 Å². The van der Waals surface area contributed by atoms with Crippen LogP contribution in [0.4, 0.5) is 5.82 Å². The summed E-state index contributed by atoms with van der Waals surface area (Å²) >= 11 is 7.65. The molecule has 1 aliphatic rings. The minimum atomic E-state index is -1.07. The lowest BCUT2D eigenvalue weighted by atomic mass is 10.1. The van der Waals surface area contributed by atoms with Crippen molar-refractivity contribution in [3.8, 4) is 0 Å². The van der Waals surface area contributed by atoms with Gasteiger partial charge in [0.05, 0.1) is 10.6 Å². The molecule has 1 amide bonds. The summed E-state index contributed by atoms with van der Waals surface area (Å²) in [6.45, 7) is 0.984. The molecule has 3 heterocycles. The summed E-state index contributed by atoms with van der Waals surface area (Å²) in [4.78, 5) is 31.1. The topological polar surface area (TPSA) is 91.3 Å². The molecule has 0 spiro atoms. The second-order valence-corrected chi connectivity index (χ2v) is 9.77. The summed E-state index contributed by atoms with van der Waals surface area (Å²) in [6.07, 6.45) is 5.24. The summed E-state index contributed by atoms with van der Waals surface area (Å²) < 4.78 is 0. The fourth-order valence-electron chi connectivity index (χ4n) is 3.90. The second-order valence-electron chi connectivity index (χ2n) is 8.11. The highest BCUT2D eigenvalue weighted by molar-refractivity contribution is 7.12. The van der Waals surface area contributed by atoms with E-state index in [9.17, 15) is 14.7 Å². The number of aryl methyl sites for hydroxylation is 3.